The van der Waals surface area contributed by atoms with Crippen molar-refractivity contribution in [3.05, 3.63) is 25.4 Å². The van der Waals surface area contributed by atoms with Gasteiger partial charge in [0.15, 0.2) is 0 Å². The number of halogens is 1. The summed E-state index contributed by atoms with van der Waals surface area (Å²) in [6, 6.07) is 0. The van der Waals surface area contributed by atoms with Crippen LogP contribution >= 0.6 is 22.6 Å². The number of hydrogen-bond acceptors (Lipinski definition) is 2. The largest absolute Gasteiger partial charge is 0.309 e. The highest BCUT2D eigenvalue weighted by Crippen LogP contribution is 2.52. The Morgan fingerprint density at radius 3 is 2.67 bits per heavy atom. The zero-order chi connectivity index (χ0) is 12.9. The molecule has 3 nitrogen and oxygen atoms in total. The summed E-state index contributed by atoms with van der Waals surface area (Å²) in [5.74, 6) is 3.42. The summed E-state index contributed by atoms with van der Waals surface area (Å²) in [6.07, 6.45) is 5.28. The van der Waals surface area contributed by atoms with Crippen LogP contribution < -0.4 is 5.56 Å². The van der Waals surface area contributed by atoms with Gasteiger partial charge in [0.1, 0.15) is 5.82 Å². The fourth-order valence-electron chi connectivity index (χ4n) is 3.63. The van der Waals surface area contributed by atoms with Crippen LogP contribution in [-0.4, -0.2) is 9.97 Å². The molecule has 2 aliphatic carbocycles. The number of H-pyrrole nitrogens is 1. The van der Waals surface area contributed by atoms with E-state index in [0.717, 1.165) is 26.9 Å². The lowest BCUT2D eigenvalue weighted by Gasteiger charge is -2.21. The van der Waals surface area contributed by atoms with Crippen molar-refractivity contribution in [2.24, 2.45) is 11.8 Å². The highest BCUT2D eigenvalue weighted by molar-refractivity contribution is 14.1. The molecule has 2 bridgehead atoms. The lowest BCUT2D eigenvalue weighted by Crippen LogP contribution is -2.22. The lowest BCUT2D eigenvalue weighted by atomic mass is 9.88. The van der Waals surface area contributed by atoms with Crippen molar-refractivity contribution in [3.8, 4) is 0 Å². The van der Waals surface area contributed by atoms with E-state index in [0.29, 0.717) is 11.8 Å². The Bertz CT molecular complexity index is 523. The summed E-state index contributed by atoms with van der Waals surface area (Å²) < 4.78 is 0.759. The Balaban J connectivity index is 2.00. The molecule has 0 spiro atoms. The van der Waals surface area contributed by atoms with Crippen LogP contribution in [0.25, 0.3) is 0 Å². The average Bonchev–Trinajstić information content (AvgIpc) is 2.94. The minimum absolute atomic E-state index is 0.0482. The van der Waals surface area contributed by atoms with Crippen LogP contribution in [0, 0.1) is 15.4 Å². The van der Waals surface area contributed by atoms with E-state index in [1.807, 2.05) is 0 Å². The molecule has 3 rings (SSSR count). The van der Waals surface area contributed by atoms with E-state index in [1.165, 1.54) is 25.7 Å². The monoisotopic (exact) mass is 358 g/mol. The Hall–Kier alpha value is -0.390. The van der Waals surface area contributed by atoms with Gasteiger partial charge in [0.2, 0.25) is 0 Å². The summed E-state index contributed by atoms with van der Waals surface area (Å²) in [7, 11) is 0. The van der Waals surface area contributed by atoms with Crippen LogP contribution in [0.3, 0.4) is 0 Å². The Labute approximate surface area is 121 Å². The summed E-state index contributed by atoms with van der Waals surface area (Å²) >= 11 is 2.12. The third kappa shape index (κ3) is 2.02. The second-order valence-corrected chi connectivity index (χ2v) is 7.17. The molecule has 1 heterocycles. The molecule has 2 saturated carbocycles. The molecular formula is C14H19IN2O. The van der Waals surface area contributed by atoms with Gasteiger partial charge < -0.3 is 4.98 Å². The zero-order valence-electron chi connectivity index (χ0n) is 10.9. The van der Waals surface area contributed by atoms with E-state index in [-0.39, 0.29) is 5.56 Å². The molecule has 18 heavy (non-hydrogen) atoms. The smallest absolute Gasteiger partial charge is 0.264 e. The Morgan fingerprint density at radius 1 is 1.33 bits per heavy atom. The number of fused-ring (bicyclic) bond motifs is 2. The summed E-state index contributed by atoms with van der Waals surface area (Å²) in [4.78, 5) is 19.8. The van der Waals surface area contributed by atoms with Crippen LogP contribution in [0.4, 0.5) is 0 Å². The molecule has 0 radical (unpaired) electrons. The van der Waals surface area contributed by atoms with E-state index < -0.39 is 0 Å². The molecular weight excluding hydrogens is 339 g/mol. The number of nitrogens with zero attached hydrogens (tertiary/aromatic N) is 1. The number of aromatic nitrogens is 2. The number of aromatic amines is 1. The molecule has 1 aromatic rings. The zero-order valence-corrected chi connectivity index (χ0v) is 13.0. The molecule has 0 aromatic carbocycles. The number of hydrogen-bond donors (Lipinski definition) is 1. The molecule has 4 heteroatoms. The first kappa shape index (κ1) is 12.6. The van der Waals surface area contributed by atoms with Gasteiger partial charge in [-0.2, -0.15) is 0 Å². The maximum absolute atomic E-state index is 12.0. The standard InChI is InChI=1S/C14H19IN2O/c1-7(2)12-11(15)14(18)17-13(16-12)10-6-8-3-4-9(10)5-8/h7-10H,3-6H2,1-2H3,(H,16,17,18). The van der Waals surface area contributed by atoms with E-state index in [4.69, 9.17) is 4.98 Å². The molecule has 3 atom stereocenters. The van der Waals surface area contributed by atoms with Crippen molar-refractivity contribution in [2.75, 3.05) is 0 Å². The van der Waals surface area contributed by atoms with Crippen LogP contribution in [0.15, 0.2) is 4.79 Å². The van der Waals surface area contributed by atoms with Gasteiger partial charge in [0.25, 0.3) is 5.56 Å². The van der Waals surface area contributed by atoms with Crippen molar-refractivity contribution in [3.63, 3.8) is 0 Å². The van der Waals surface area contributed by atoms with E-state index in [2.05, 4.69) is 41.4 Å². The Morgan fingerprint density at radius 2 is 2.11 bits per heavy atom. The maximum atomic E-state index is 12.0. The molecule has 0 amide bonds. The van der Waals surface area contributed by atoms with Gasteiger partial charge in [0, 0.05) is 5.92 Å². The summed E-state index contributed by atoms with van der Waals surface area (Å²) in [6.45, 7) is 4.21. The van der Waals surface area contributed by atoms with Crippen molar-refractivity contribution in [1.82, 2.24) is 9.97 Å². The molecule has 0 saturated heterocycles. The van der Waals surface area contributed by atoms with Gasteiger partial charge >= 0.3 is 0 Å². The Kier molecular flexibility index (Phi) is 3.24. The van der Waals surface area contributed by atoms with Gasteiger partial charge in [-0.3, -0.25) is 4.79 Å². The number of nitrogens with one attached hydrogen (secondary N) is 1. The topological polar surface area (TPSA) is 45.8 Å². The van der Waals surface area contributed by atoms with Crippen molar-refractivity contribution < 1.29 is 0 Å². The minimum atomic E-state index is 0.0482. The molecule has 1 aromatic heterocycles. The normalized spacial score (nSPS) is 30.3. The van der Waals surface area contributed by atoms with Crippen molar-refractivity contribution >= 4 is 22.6 Å². The third-order valence-corrected chi connectivity index (χ3v) is 5.59. The summed E-state index contributed by atoms with van der Waals surface area (Å²) in [5.41, 5.74) is 1.02. The fraction of sp³-hybridized carbons (Fsp3) is 0.714. The SMILES string of the molecule is CC(C)c1nc(C2CC3CCC2C3)[nH]c(=O)c1I. The first-order valence-electron chi connectivity index (χ1n) is 6.86. The molecule has 1 N–H and O–H groups in total. The first-order valence-corrected chi connectivity index (χ1v) is 7.93. The second-order valence-electron chi connectivity index (χ2n) is 6.09. The van der Waals surface area contributed by atoms with Crippen LogP contribution in [0.5, 0.6) is 0 Å². The maximum Gasteiger partial charge on any atom is 0.264 e. The van der Waals surface area contributed by atoms with Crippen LogP contribution in [-0.2, 0) is 0 Å². The predicted octanol–water partition coefficient (Wildman–Crippen LogP) is 3.40. The number of rotatable bonds is 2. The molecule has 0 aliphatic heterocycles. The fourth-order valence-corrected chi connectivity index (χ4v) is 4.51. The van der Waals surface area contributed by atoms with Gasteiger partial charge in [-0.1, -0.05) is 20.3 Å². The average molecular weight is 358 g/mol. The second kappa shape index (κ2) is 4.62. The van der Waals surface area contributed by atoms with Gasteiger partial charge in [-0.15, -0.1) is 0 Å². The van der Waals surface area contributed by atoms with E-state index >= 15 is 0 Å². The van der Waals surface area contributed by atoms with Crippen LogP contribution in [0.1, 0.15) is 62.9 Å². The predicted molar refractivity (Wildman–Crippen MR) is 79.9 cm³/mol. The lowest BCUT2D eigenvalue weighted by molar-refractivity contribution is 0.403. The summed E-state index contributed by atoms with van der Waals surface area (Å²) in [5, 5.41) is 0. The molecule has 2 fully saturated rings. The quantitative estimate of drug-likeness (QED) is 0.824. The highest BCUT2D eigenvalue weighted by atomic mass is 127. The van der Waals surface area contributed by atoms with E-state index in [9.17, 15) is 4.79 Å². The molecule has 2 aliphatic rings. The van der Waals surface area contributed by atoms with Gasteiger partial charge in [-0.25, -0.2) is 4.98 Å². The van der Waals surface area contributed by atoms with Crippen LogP contribution in [0.2, 0.25) is 0 Å². The minimum Gasteiger partial charge on any atom is -0.309 e. The molecule has 98 valence electrons. The first-order chi connectivity index (χ1) is 8.56. The third-order valence-electron chi connectivity index (χ3n) is 4.54. The van der Waals surface area contributed by atoms with E-state index in [1.54, 1.807) is 0 Å². The molecule has 3 unspecified atom stereocenters. The van der Waals surface area contributed by atoms with Crippen molar-refractivity contribution in [1.29, 1.82) is 0 Å². The highest BCUT2D eigenvalue weighted by Gasteiger charge is 2.41. The van der Waals surface area contributed by atoms with Gasteiger partial charge in [-0.05, 0) is 59.6 Å². The van der Waals surface area contributed by atoms with Gasteiger partial charge in [0.05, 0.1) is 9.26 Å². The van der Waals surface area contributed by atoms with Crippen molar-refractivity contribution in [2.45, 2.75) is 51.4 Å².